The minimum atomic E-state index is -0.493. The molecule has 3 rings (SSSR count). The SMILES string of the molecule is N#Cc1nc(-c2ccc([N+](=O)[O-])cc2)nnc1-c1ccc(Cl)cc1. The summed E-state index contributed by atoms with van der Waals surface area (Å²) in [5.74, 6) is 0.221. The zero-order valence-corrected chi connectivity index (χ0v) is 12.8. The van der Waals surface area contributed by atoms with Crippen molar-refractivity contribution in [1.82, 2.24) is 15.2 Å². The van der Waals surface area contributed by atoms with E-state index in [0.717, 1.165) is 0 Å². The van der Waals surface area contributed by atoms with Gasteiger partial charge in [-0.2, -0.15) is 5.26 Å². The van der Waals surface area contributed by atoms with Crippen molar-refractivity contribution < 1.29 is 4.92 Å². The van der Waals surface area contributed by atoms with E-state index >= 15 is 0 Å². The van der Waals surface area contributed by atoms with Crippen LogP contribution in [0.5, 0.6) is 0 Å². The monoisotopic (exact) mass is 337 g/mol. The lowest BCUT2D eigenvalue weighted by atomic mass is 10.1. The normalized spacial score (nSPS) is 10.2. The van der Waals surface area contributed by atoms with E-state index in [1.807, 2.05) is 6.07 Å². The highest BCUT2D eigenvalue weighted by molar-refractivity contribution is 6.30. The van der Waals surface area contributed by atoms with Gasteiger partial charge in [0.1, 0.15) is 11.8 Å². The van der Waals surface area contributed by atoms with Crippen LogP contribution in [0, 0.1) is 21.4 Å². The molecular formula is C16H8ClN5O2. The summed E-state index contributed by atoms with van der Waals surface area (Å²) in [6, 6.07) is 14.5. The second-order valence-corrected chi connectivity index (χ2v) is 5.19. The molecule has 1 aromatic heterocycles. The molecule has 0 N–H and O–H groups in total. The van der Waals surface area contributed by atoms with Crippen LogP contribution in [0.15, 0.2) is 48.5 Å². The lowest BCUT2D eigenvalue weighted by Crippen LogP contribution is -2.00. The van der Waals surface area contributed by atoms with Crippen LogP contribution in [0.4, 0.5) is 5.69 Å². The summed E-state index contributed by atoms with van der Waals surface area (Å²) in [4.78, 5) is 14.4. The Labute approximate surface area is 141 Å². The zero-order chi connectivity index (χ0) is 17.1. The number of nitrogens with zero attached hydrogens (tertiary/aromatic N) is 5. The Bertz CT molecular complexity index is 950. The smallest absolute Gasteiger partial charge is 0.258 e. The number of hydrogen-bond donors (Lipinski definition) is 0. The third-order valence-corrected chi connectivity index (χ3v) is 3.50. The fourth-order valence-corrected chi connectivity index (χ4v) is 2.19. The maximum absolute atomic E-state index is 10.7. The molecule has 3 aromatic rings. The van der Waals surface area contributed by atoms with E-state index in [-0.39, 0.29) is 17.2 Å². The maximum atomic E-state index is 10.7. The number of halogens is 1. The highest BCUT2D eigenvalue weighted by Gasteiger charge is 2.13. The van der Waals surface area contributed by atoms with E-state index in [4.69, 9.17) is 11.6 Å². The van der Waals surface area contributed by atoms with Crippen molar-refractivity contribution in [2.45, 2.75) is 0 Å². The molecule has 0 spiro atoms. The zero-order valence-electron chi connectivity index (χ0n) is 12.0. The van der Waals surface area contributed by atoms with Crippen molar-refractivity contribution in [1.29, 1.82) is 5.26 Å². The van der Waals surface area contributed by atoms with Gasteiger partial charge in [-0.15, -0.1) is 10.2 Å². The highest BCUT2D eigenvalue weighted by Crippen LogP contribution is 2.24. The highest BCUT2D eigenvalue weighted by atomic mass is 35.5. The molecule has 0 fully saturated rings. The molecule has 0 unspecified atom stereocenters. The molecule has 0 aliphatic rings. The summed E-state index contributed by atoms with van der Waals surface area (Å²) in [6.45, 7) is 0. The van der Waals surface area contributed by atoms with Gasteiger partial charge < -0.3 is 0 Å². The van der Waals surface area contributed by atoms with E-state index in [1.165, 1.54) is 24.3 Å². The fraction of sp³-hybridized carbons (Fsp3) is 0. The lowest BCUT2D eigenvalue weighted by molar-refractivity contribution is -0.384. The van der Waals surface area contributed by atoms with Crippen LogP contribution in [-0.4, -0.2) is 20.1 Å². The number of nitriles is 1. The molecule has 0 bridgehead atoms. The molecule has 116 valence electrons. The second kappa shape index (κ2) is 6.40. The van der Waals surface area contributed by atoms with Crippen molar-refractivity contribution in [2.24, 2.45) is 0 Å². The molecule has 0 aliphatic carbocycles. The number of nitro benzene ring substituents is 1. The van der Waals surface area contributed by atoms with Gasteiger partial charge >= 0.3 is 0 Å². The summed E-state index contributed by atoms with van der Waals surface area (Å²) in [5.41, 5.74) is 1.63. The van der Waals surface area contributed by atoms with E-state index in [0.29, 0.717) is 21.8 Å². The van der Waals surface area contributed by atoms with Gasteiger partial charge in [-0.05, 0) is 24.3 Å². The number of rotatable bonds is 3. The number of benzene rings is 2. The first-order chi connectivity index (χ1) is 11.6. The first kappa shape index (κ1) is 15.5. The van der Waals surface area contributed by atoms with Crippen molar-refractivity contribution in [2.75, 3.05) is 0 Å². The van der Waals surface area contributed by atoms with E-state index < -0.39 is 4.92 Å². The van der Waals surface area contributed by atoms with Crippen LogP contribution in [0.2, 0.25) is 5.02 Å². The van der Waals surface area contributed by atoms with Crippen LogP contribution >= 0.6 is 11.6 Å². The van der Waals surface area contributed by atoms with Crippen molar-refractivity contribution in [3.8, 4) is 28.7 Å². The molecule has 0 radical (unpaired) electrons. The average Bonchev–Trinajstić information content (AvgIpc) is 2.62. The molecule has 0 aliphatic heterocycles. The summed E-state index contributed by atoms with van der Waals surface area (Å²) in [7, 11) is 0. The van der Waals surface area contributed by atoms with Gasteiger partial charge in [0.05, 0.1) is 4.92 Å². The molecule has 2 aromatic carbocycles. The van der Waals surface area contributed by atoms with E-state index in [2.05, 4.69) is 15.2 Å². The van der Waals surface area contributed by atoms with Gasteiger partial charge in [-0.3, -0.25) is 10.1 Å². The van der Waals surface area contributed by atoms with Crippen LogP contribution < -0.4 is 0 Å². The Hall–Kier alpha value is -3.37. The van der Waals surface area contributed by atoms with E-state index in [9.17, 15) is 15.4 Å². The number of non-ortho nitro benzene ring substituents is 1. The molecule has 0 saturated heterocycles. The number of hydrogen-bond acceptors (Lipinski definition) is 6. The standard InChI is InChI=1S/C16H8ClN5O2/c17-12-5-1-10(2-6-12)15-14(9-18)19-16(21-20-15)11-3-7-13(8-4-11)22(23)24/h1-8H. The first-order valence-electron chi connectivity index (χ1n) is 6.74. The molecule has 24 heavy (non-hydrogen) atoms. The molecule has 0 saturated carbocycles. The van der Waals surface area contributed by atoms with Crippen LogP contribution in [0.3, 0.4) is 0 Å². The molecular weight excluding hydrogens is 330 g/mol. The fourth-order valence-electron chi connectivity index (χ4n) is 2.06. The van der Waals surface area contributed by atoms with Gasteiger partial charge in [0.15, 0.2) is 11.5 Å². The van der Waals surface area contributed by atoms with Gasteiger partial charge in [0.25, 0.3) is 5.69 Å². The number of aromatic nitrogens is 3. The Morgan fingerprint density at radius 3 is 2.21 bits per heavy atom. The summed E-state index contributed by atoms with van der Waals surface area (Å²) in [6.07, 6.45) is 0. The van der Waals surface area contributed by atoms with Gasteiger partial charge in [-0.25, -0.2) is 4.98 Å². The number of nitro groups is 1. The summed E-state index contributed by atoms with van der Waals surface area (Å²) >= 11 is 5.85. The quantitative estimate of drug-likeness (QED) is 0.533. The predicted octanol–water partition coefficient (Wildman–Crippen LogP) is 3.64. The van der Waals surface area contributed by atoms with Crippen LogP contribution in [-0.2, 0) is 0 Å². The third-order valence-electron chi connectivity index (χ3n) is 3.25. The minimum absolute atomic E-state index is 0.0370. The Morgan fingerprint density at radius 1 is 1.00 bits per heavy atom. The summed E-state index contributed by atoms with van der Waals surface area (Å²) < 4.78 is 0. The molecule has 8 heteroatoms. The van der Waals surface area contributed by atoms with Gasteiger partial charge in [-0.1, -0.05) is 23.7 Å². The van der Waals surface area contributed by atoms with Crippen molar-refractivity contribution in [3.63, 3.8) is 0 Å². The Balaban J connectivity index is 2.01. The molecule has 0 atom stereocenters. The molecule has 0 amide bonds. The van der Waals surface area contributed by atoms with Gasteiger partial charge in [0.2, 0.25) is 0 Å². The van der Waals surface area contributed by atoms with Crippen molar-refractivity contribution in [3.05, 3.63) is 69.4 Å². The summed E-state index contributed by atoms with van der Waals surface area (Å²) in [5, 5.41) is 28.7. The molecule has 1 heterocycles. The Morgan fingerprint density at radius 2 is 1.62 bits per heavy atom. The molecule has 7 nitrogen and oxygen atoms in total. The lowest BCUT2D eigenvalue weighted by Gasteiger charge is -2.04. The second-order valence-electron chi connectivity index (χ2n) is 4.76. The van der Waals surface area contributed by atoms with E-state index in [1.54, 1.807) is 24.3 Å². The first-order valence-corrected chi connectivity index (χ1v) is 7.12. The maximum Gasteiger partial charge on any atom is 0.269 e. The topological polar surface area (TPSA) is 106 Å². The largest absolute Gasteiger partial charge is 0.269 e. The third kappa shape index (κ3) is 3.04. The van der Waals surface area contributed by atoms with Crippen LogP contribution in [0.1, 0.15) is 5.69 Å². The van der Waals surface area contributed by atoms with Crippen molar-refractivity contribution >= 4 is 17.3 Å². The Kier molecular flexibility index (Phi) is 4.14. The minimum Gasteiger partial charge on any atom is -0.258 e. The predicted molar refractivity (Wildman–Crippen MR) is 87.1 cm³/mol. The van der Waals surface area contributed by atoms with Crippen LogP contribution in [0.25, 0.3) is 22.6 Å². The average molecular weight is 338 g/mol. The van der Waals surface area contributed by atoms with Gasteiger partial charge in [0, 0.05) is 28.3 Å².